The van der Waals surface area contributed by atoms with Gasteiger partial charge in [-0.2, -0.15) is 23.5 Å². The fourth-order valence-electron chi connectivity index (χ4n) is 2.21. The third-order valence-corrected chi connectivity index (χ3v) is 3.38. The molecule has 3 aromatic rings. The maximum Gasteiger partial charge on any atom is 0.433 e. The van der Waals surface area contributed by atoms with Crippen LogP contribution < -0.4 is 4.74 Å². The highest BCUT2D eigenvalue weighted by Crippen LogP contribution is 2.30. The van der Waals surface area contributed by atoms with Crippen molar-refractivity contribution in [2.75, 3.05) is 6.61 Å². The second-order valence-electron chi connectivity index (χ2n) is 5.23. The predicted octanol–water partition coefficient (Wildman–Crippen LogP) is 3.85. The molecule has 2 heterocycles. The summed E-state index contributed by atoms with van der Waals surface area (Å²) in [6.45, 7) is 1.87. The number of H-pyrrole nitrogens is 1. The van der Waals surface area contributed by atoms with E-state index in [0.717, 1.165) is 6.07 Å². The summed E-state index contributed by atoms with van der Waals surface area (Å²) < 4.78 is 48.4. The molecule has 0 saturated carbocycles. The molecule has 140 valence electrons. The Hall–Kier alpha value is -3.43. The van der Waals surface area contributed by atoms with Crippen LogP contribution in [0.4, 0.5) is 13.2 Å². The summed E-state index contributed by atoms with van der Waals surface area (Å²) in [7, 11) is 0. The molecule has 0 atom stereocenters. The molecule has 10 heteroatoms. The van der Waals surface area contributed by atoms with Gasteiger partial charge in [-0.15, -0.1) is 5.10 Å². The molecule has 27 heavy (non-hydrogen) atoms. The van der Waals surface area contributed by atoms with Crippen LogP contribution in [0.2, 0.25) is 0 Å². The van der Waals surface area contributed by atoms with Crippen molar-refractivity contribution in [1.82, 2.24) is 20.4 Å². The predicted molar refractivity (Wildman–Crippen MR) is 87.1 cm³/mol. The molecule has 0 saturated heterocycles. The number of carbonyl (C=O) groups is 1. The molecule has 0 aliphatic carbocycles. The maximum absolute atomic E-state index is 12.7. The SMILES string of the molecule is CCOC(=O)c1n[nH]nc1-c1ccc(Oc2cccc(C(F)(F)F)n2)cc1. The molecule has 0 unspecified atom stereocenters. The van der Waals surface area contributed by atoms with Gasteiger partial charge < -0.3 is 9.47 Å². The normalized spacial score (nSPS) is 11.3. The van der Waals surface area contributed by atoms with E-state index in [9.17, 15) is 18.0 Å². The monoisotopic (exact) mass is 378 g/mol. The minimum Gasteiger partial charge on any atom is -0.461 e. The molecular weight excluding hydrogens is 365 g/mol. The number of halogens is 3. The molecule has 0 radical (unpaired) electrons. The molecule has 7 nitrogen and oxygen atoms in total. The van der Waals surface area contributed by atoms with Crippen LogP contribution in [0.25, 0.3) is 11.3 Å². The number of benzene rings is 1. The maximum atomic E-state index is 12.7. The van der Waals surface area contributed by atoms with Gasteiger partial charge in [-0.25, -0.2) is 9.78 Å². The van der Waals surface area contributed by atoms with E-state index < -0.39 is 17.8 Å². The summed E-state index contributed by atoms with van der Waals surface area (Å²) in [6, 6.07) is 9.59. The standard InChI is InChI=1S/C17H13F3N4O3/c1-2-26-16(25)15-14(22-24-23-15)10-6-8-11(9-7-10)27-13-5-3-4-12(21-13)17(18,19)20/h3-9H,2H2,1H3,(H,22,23,24). The summed E-state index contributed by atoms with van der Waals surface area (Å²) in [6.07, 6.45) is -4.56. The van der Waals surface area contributed by atoms with E-state index in [1.165, 1.54) is 24.3 Å². The van der Waals surface area contributed by atoms with Crippen LogP contribution in [0, 0.1) is 0 Å². The zero-order valence-corrected chi connectivity index (χ0v) is 13.9. The van der Waals surface area contributed by atoms with Gasteiger partial charge in [-0.3, -0.25) is 0 Å². The van der Waals surface area contributed by atoms with Crippen LogP contribution in [0.15, 0.2) is 42.5 Å². The molecule has 1 N–H and O–H groups in total. The van der Waals surface area contributed by atoms with Crippen molar-refractivity contribution >= 4 is 5.97 Å². The van der Waals surface area contributed by atoms with E-state index in [2.05, 4.69) is 20.4 Å². The van der Waals surface area contributed by atoms with Gasteiger partial charge in [0.25, 0.3) is 0 Å². The van der Waals surface area contributed by atoms with Crippen molar-refractivity contribution in [2.45, 2.75) is 13.1 Å². The molecule has 0 bridgehead atoms. The minimum atomic E-state index is -4.56. The lowest BCUT2D eigenvalue weighted by molar-refractivity contribution is -0.141. The van der Waals surface area contributed by atoms with Gasteiger partial charge >= 0.3 is 12.1 Å². The highest BCUT2D eigenvalue weighted by atomic mass is 19.4. The number of hydrogen-bond acceptors (Lipinski definition) is 6. The van der Waals surface area contributed by atoms with Crippen molar-refractivity contribution < 1.29 is 27.4 Å². The number of esters is 1. The zero-order chi connectivity index (χ0) is 19.4. The number of rotatable bonds is 5. The Morgan fingerprint density at radius 1 is 1.11 bits per heavy atom. The van der Waals surface area contributed by atoms with Crippen molar-refractivity contribution in [2.24, 2.45) is 0 Å². The van der Waals surface area contributed by atoms with Gasteiger partial charge in [-0.05, 0) is 37.3 Å². The Morgan fingerprint density at radius 2 is 1.85 bits per heavy atom. The Kier molecular flexibility index (Phi) is 5.06. The second kappa shape index (κ2) is 7.44. The van der Waals surface area contributed by atoms with Crippen LogP contribution in [0.5, 0.6) is 11.6 Å². The van der Waals surface area contributed by atoms with Gasteiger partial charge in [0, 0.05) is 11.6 Å². The first-order valence-corrected chi connectivity index (χ1v) is 7.79. The number of hydrogen-bond donors (Lipinski definition) is 1. The summed E-state index contributed by atoms with van der Waals surface area (Å²) in [4.78, 5) is 15.3. The Morgan fingerprint density at radius 3 is 2.52 bits per heavy atom. The van der Waals surface area contributed by atoms with E-state index in [-0.39, 0.29) is 29.6 Å². The number of nitrogens with one attached hydrogen (secondary N) is 1. The molecule has 0 amide bonds. The molecule has 0 fully saturated rings. The molecule has 0 aliphatic rings. The van der Waals surface area contributed by atoms with Crippen LogP contribution in [0.3, 0.4) is 0 Å². The van der Waals surface area contributed by atoms with Crippen molar-refractivity contribution in [3.8, 4) is 22.9 Å². The Bertz CT molecular complexity index is 939. The average Bonchev–Trinajstić information content (AvgIpc) is 3.12. The number of aromatic amines is 1. The number of aromatic nitrogens is 4. The van der Waals surface area contributed by atoms with Gasteiger partial charge in [0.2, 0.25) is 5.88 Å². The summed E-state index contributed by atoms with van der Waals surface area (Å²) in [5, 5.41) is 10.1. The van der Waals surface area contributed by atoms with Gasteiger partial charge in [0.15, 0.2) is 5.69 Å². The summed E-state index contributed by atoms with van der Waals surface area (Å²) in [5.74, 6) is -0.535. The molecule has 0 spiro atoms. The molecule has 0 aliphatic heterocycles. The van der Waals surface area contributed by atoms with Crippen molar-refractivity contribution in [1.29, 1.82) is 0 Å². The fraction of sp³-hybridized carbons (Fsp3) is 0.176. The van der Waals surface area contributed by atoms with E-state index in [1.807, 2.05) is 0 Å². The first-order chi connectivity index (χ1) is 12.9. The molecule has 1 aromatic carbocycles. The minimum absolute atomic E-state index is 0.0325. The number of nitrogens with zero attached hydrogens (tertiary/aromatic N) is 3. The van der Waals surface area contributed by atoms with Gasteiger partial charge in [-0.1, -0.05) is 6.07 Å². The first-order valence-electron chi connectivity index (χ1n) is 7.79. The summed E-state index contributed by atoms with van der Waals surface area (Å²) in [5.41, 5.74) is -0.170. The smallest absolute Gasteiger partial charge is 0.433 e. The number of pyridine rings is 1. The van der Waals surface area contributed by atoms with E-state index in [1.54, 1.807) is 19.1 Å². The van der Waals surface area contributed by atoms with Crippen LogP contribution in [-0.2, 0) is 10.9 Å². The van der Waals surface area contributed by atoms with E-state index in [4.69, 9.17) is 9.47 Å². The van der Waals surface area contributed by atoms with Crippen molar-refractivity contribution in [3.05, 3.63) is 53.9 Å². The largest absolute Gasteiger partial charge is 0.461 e. The molecule has 2 aromatic heterocycles. The lowest BCUT2D eigenvalue weighted by Crippen LogP contribution is -2.08. The van der Waals surface area contributed by atoms with Gasteiger partial charge in [0.1, 0.15) is 17.1 Å². The Balaban J connectivity index is 1.79. The van der Waals surface area contributed by atoms with Crippen LogP contribution >= 0.6 is 0 Å². The average molecular weight is 378 g/mol. The lowest BCUT2D eigenvalue weighted by atomic mass is 10.1. The van der Waals surface area contributed by atoms with Crippen molar-refractivity contribution in [3.63, 3.8) is 0 Å². The summed E-state index contributed by atoms with van der Waals surface area (Å²) >= 11 is 0. The molecule has 3 rings (SSSR count). The van der Waals surface area contributed by atoms with E-state index >= 15 is 0 Å². The zero-order valence-electron chi connectivity index (χ0n) is 13.9. The third-order valence-electron chi connectivity index (χ3n) is 3.38. The van der Waals surface area contributed by atoms with Crippen LogP contribution in [-0.4, -0.2) is 33.0 Å². The second-order valence-corrected chi connectivity index (χ2v) is 5.23. The van der Waals surface area contributed by atoms with Crippen LogP contribution in [0.1, 0.15) is 23.1 Å². The number of ether oxygens (including phenoxy) is 2. The quantitative estimate of drug-likeness (QED) is 0.678. The lowest BCUT2D eigenvalue weighted by Gasteiger charge is -2.09. The fourth-order valence-corrected chi connectivity index (χ4v) is 2.21. The van der Waals surface area contributed by atoms with Gasteiger partial charge in [0.05, 0.1) is 6.61 Å². The third kappa shape index (κ3) is 4.22. The number of carbonyl (C=O) groups excluding carboxylic acids is 1. The Labute approximate surface area is 151 Å². The van der Waals surface area contributed by atoms with E-state index in [0.29, 0.717) is 5.56 Å². The highest BCUT2D eigenvalue weighted by molar-refractivity contribution is 5.93. The topological polar surface area (TPSA) is 90.0 Å². The highest BCUT2D eigenvalue weighted by Gasteiger charge is 2.32. The number of alkyl halides is 3. The first kappa shape index (κ1) is 18.4. The molecular formula is C17H13F3N4O3.